The molecule has 1 amide bonds. The third-order valence-corrected chi connectivity index (χ3v) is 4.70. The highest BCUT2D eigenvalue weighted by atomic mass is 16.5. The third kappa shape index (κ3) is 4.31. The maximum atomic E-state index is 12.1. The van der Waals surface area contributed by atoms with Gasteiger partial charge in [-0.05, 0) is 25.3 Å². The minimum absolute atomic E-state index is 0.0175. The summed E-state index contributed by atoms with van der Waals surface area (Å²) in [6, 6.07) is 10.4. The zero-order valence-electron chi connectivity index (χ0n) is 13.6. The lowest BCUT2D eigenvalue weighted by molar-refractivity contribution is -0.123. The van der Waals surface area contributed by atoms with Crippen molar-refractivity contribution in [3.63, 3.8) is 0 Å². The van der Waals surface area contributed by atoms with Crippen LogP contribution in [0.15, 0.2) is 30.3 Å². The van der Waals surface area contributed by atoms with Crippen LogP contribution in [0.2, 0.25) is 0 Å². The van der Waals surface area contributed by atoms with E-state index in [1.807, 2.05) is 25.1 Å². The summed E-state index contributed by atoms with van der Waals surface area (Å²) in [5.74, 6) is 0.105. The molecule has 1 saturated carbocycles. The lowest BCUT2D eigenvalue weighted by Crippen LogP contribution is -2.40. The average Bonchev–Trinajstić information content (AvgIpc) is 3.23. The molecule has 0 aromatic heterocycles. The Morgan fingerprint density at radius 2 is 2.13 bits per heavy atom. The number of nitrogens with one attached hydrogen (secondary N) is 1. The highest BCUT2D eigenvalue weighted by Gasteiger charge is 2.44. The SMILES string of the molecule is CCOC1CC1C(=O)NCC1CC(O)CN1Cc1ccccc1. The van der Waals surface area contributed by atoms with Gasteiger partial charge in [-0.25, -0.2) is 0 Å². The van der Waals surface area contributed by atoms with Crippen molar-refractivity contribution in [2.24, 2.45) is 5.92 Å². The normalized spacial score (nSPS) is 30.3. The summed E-state index contributed by atoms with van der Waals surface area (Å²) in [5, 5.41) is 13.0. The van der Waals surface area contributed by atoms with Gasteiger partial charge in [0.15, 0.2) is 0 Å². The van der Waals surface area contributed by atoms with Crippen molar-refractivity contribution < 1.29 is 14.6 Å². The number of amides is 1. The lowest BCUT2D eigenvalue weighted by Gasteiger charge is -2.24. The van der Waals surface area contributed by atoms with Gasteiger partial charge in [0.1, 0.15) is 0 Å². The van der Waals surface area contributed by atoms with E-state index in [0.29, 0.717) is 26.1 Å². The van der Waals surface area contributed by atoms with Gasteiger partial charge in [0.05, 0.1) is 18.1 Å². The minimum Gasteiger partial charge on any atom is -0.392 e. The number of rotatable bonds is 7. The quantitative estimate of drug-likeness (QED) is 0.792. The Kier molecular flexibility index (Phi) is 5.30. The predicted octanol–water partition coefficient (Wildman–Crippen LogP) is 1.16. The Bertz CT molecular complexity index is 522. The lowest BCUT2D eigenvalue weighted by atomic mass is 10.1. The van der Waals surface area contributed by atoms with E-state index in [4.69, 9.17) is 4.74 Å². The van der Waals surface area contributed by atoms with Crippen LogP contribution < -0.4 is 5.32 Å². The van der Waals surface area contributed by atoms with Gasteiger partial charge in [-0.3, -0.25) is 9.69 Å². The van der Waals surface area contributed by atoms with Crippen LogP contribution in [0.5, 0.6) is 0 Å². The van der Waals surface area contributed by atoms with Crippen LogP contribution in [0.4, 0.5) is 0 Å². The topological polar surface area (TPSA) is 61.8 Å². The molecule has 1 aliphatic heterocycles. The Labute approximate surface area is 137 Å². The molecule has 3 rings (SSSR count). The first-order chi connectivity index (χ1) is 11.2. The smallest absolute Gasteiger partial charge is 0.225 e. The Balaban J connectivity index is 1.49. The summed E-state index contributed by atoms with van der Waals surface area (Å²) >= 11 is 0. The van der Waals surface area contributed by atoms with Crippen molar-refractivity contribution in [3.05, 3.63) is 35.9 Å². The van der Waals surface area contributed by atoms with Crippen molar-refractivity contribution in [3.8, 4) is 0 Å². The summed E-state index contributed by atoms with van der Waals surface area (Å²) in [5.41, 5.74) is 1.23. The Morgan fingerprint density at radius 1 is 1.35 bits per heavy atom. The summed E-state index contributed by atoms with van der Waals surface area (Å²) in [6.07, 6.45) is 1.35. The number of nitrogens with zero attached hydrogens (tertiary/aromatic N) is 1. The van der Waals surface area contributed by atoms with Crippen molar-refractivity contribution in [1.29, 1.82) is 0 Å². The average molecular weight is 318 g/mol. The molecule has 2 fully saturated rings. The zero-order chi connectivity index (χ0) is 16.2. The van der Waals surface area contributed by atoms with Gasteiger partial charge in [0.25, 0.3) is 0 Å². The van der Waals surface area contributed by atoms with Crippen molar-refractivity contribution in [1.82, 2.24) is 10.2 Å². The van der Waals surface area contributed by atoms with E-state index in [0.717, 1.165) is 13.0 Å². The molecule has 1 saturated heterocycles. The number of likely N-dealkylation sites (tertiary alicyclic amines) is 1. The molecule has 0 spiro atoms. The molecule has 126 valence electrons. The van der Waals surface area contributed by atoms with Crippen molar-refractivity contribution >= 4 is 5.91 Å². The number of hydrogen-bond donors (Lipinski definition) is 2. The molecule has 2 aliphatic rings. The van der Waals surface area contributed by atoms with Crippen LogP contribution in [-0.4, -0.2) is 53.9 Å². The molecule has 5 nitrogen and oxygen atoms in total. The first-order valence-electron chi connectivity index (χ1n) is 8.52. The minimum atomic E-state index is -0.308. The number of carbonyl (C=O) groups excluding carboxylic acids is 1. The van der Waals surface area contributed by atoms with Crippen LogP contribution in [0.3, 0.4) is 0 Å². The van der Waals surface area contributed by atoms with Gasteiger partial charge in [-0.15, -0.1) is 0 Å². The van der Waals surface area contributed by atoms with Crippen molar-refractivity contribution in [2.45, 2.75) is 44.6 Å². The fraction of sp³-hybridized carbons (Fsp3) is 0.611. The second-order valence-corrected chi connectivity index (χ2v) is 6.54. The number of aliphatic hydroxyl groups is 1. The predicted molar refractivity (Wildman–Crippen MR) is 87.8 cm³/mol. The van der Waals surface area contributed by atoms with E-state index >= 15 is 0 Å². The van der Waals surface area contributed by atoms with Gasteiger partial charge in [0.2, 0.25) is 5.91 Å². The highest BCUT2D eigenvalue weighted by molar-refractivity contribution is 5.82. The molecule has 2 N–H and O–H groups in total. The first kappa shape index (κ1) is 16.4. The highest BCUT2D eigenvalue weighted by Crippen LogP contribution is 2.33. The largest absolute Gasteiger partial charge is 0.392 e. The van der Waals surface area contributed by atoms with Gasteiger partial charge >= 0.3 is 0 Å². The molecular formula is C18H26N2O3. The maximum Gasteiger partial charge on any atom is 0.225 e. The number of benzene rings is 1. The second kappa shape index (κ2) is 7.43. The van der Waals surface area contributed by atoms with Gasteiger partial charge in [-0.1, -0.05) is 30.3 Å². The van der Waals surface area contributed by atoms with Crippen LogP contribution in [0.25, 0.3) is 0 Å². The first-order valence-corrected chi connectivity index (χ1v) is 8.52. The molecule has 4 atom stereocenters. The maximum absolute atomic E-state index is 12.1. The zero-order valence-corrected chi connectivity index (χ0v) is 13.6. The summed E-state index contributed by atoms with van der Waals surface area (Å²) in [4.78, 5) is 14.4. The van der Waals surface area contributed by atoms with E-state index in [9.17, 15) is 9.90 Å². The second-order valence-electron chi connectivity index (χ2n) is 6.54. The summed E-state index contributed by atoms with van der Waals surface area (Å²) in [6.45, 7) is 4.69. The fourth-order valence-electron chi connectivity index (χ4n) is 3.38. The van der Waals surface area contributed by atoms with Gasteiger partial charge in [-0.2, -0.15) is 0 Å². The van der Waals surface area contributed by atoms with Crippen LogP contribution >= 0.6 is 0 Å². The van der Waals surface area contributed by atoms with Crippen LogP contribution in [0, 0.1) is 5.92 Å². The monoisotopic (exact) mass is 318 g/mol. The summed E-state index contributed by atoms with van der Waals surface area (Å²) in [7, 11) is 0. The molecule has 1 aromatic carbocycles. The Hall–Kier alpha value is -1.43. The van der Waals surface area contributed by atoms with E-state index < -0.39 is 0 Å². The number of hydrogen-bond acceptors (Lipinski definition) is 4. The summed E-state index contributed by atoms with van der Waals surface area (Å²) < 4.78 is 5.46. The van der Waals surface area contributed by atoms with Crippen LogP contribution in [-0.2, 0) is 16.1 Å². The molecule has 0 bridgehead atoms. The van der Waals surface area contributed by atoms with Crippen LogP contribution in [0.1, 0.15) is 25.3 Å². The van der Waals surface area contributed by atoms with E-state index in [2.05, 4.69) is 22.3 Å². The Morgan fingerprint density at radius 3 is 2.87 bits per heavy atom. The molecular weight excluding hydrogens is 292 g/mol. The molecule has 1 aliphatic carbocycles. The molecule has 1 aromatic rings. The van der Waals surface area contributed by atoms with Crippen molar-refractivity contribution in [2.75, 3.05) is 19.7 Å². The fourth-order valence-corrected chi connectivity index (χ4v) is 3.38. The number of aliphatic hydroxyl groups excluding tert-OH is 1. The number of ether oxygens (including phenoxy) is 1. The molecule has 4 unspecified atom stereocenters. The number of carbonyl (C=O) groups is 1. The molecule has 23 heavy (non-hydrogen) atoms. The third-order valence-electron chi connectivity index (χ3n) is 4.70. The number of β-amino-alcohol motifs (C(OH)–C–C–N with tert-alkyl or cyclic N) is 1. The van der Waals surface area contributed by atoms with Gasteiger partial charge < -0.3 is 15.2 Å². The van der Waals surface area contributed by atoms with E-state index in [-0.39, 0.29) is 30.1 Å². The van der Waals surface area contributed by atoms with Gasteiger partial charge in [0, 0.05) is 32.3 Å². The van der Waals surface area contributed by atoms with E-state index in [1.54, 1.807) is 0 Å². The molecule has 0 radical (unpaired) electrons. The molecule has 1 heterocycles. The molecule has 5 heteroatoms. The standard InChI is InChI=1S/C18H26N2O3/c1-2-23-17-9-16(17)18(22)19-10-14-8-15(21)12-20(14)11-13-6-4-3-5-7-13/h3-7,14-17,21H,2,8-12H2,1H3,(H,19,22). The van der Waals surface area contributed by atoms with E-state index in [1.165, 1.54) is 5.56 Å².